The van der Waals surface area contributed by atoms with Crippen molar-refractivity contribution in [1.29, 1.82) is 0 Å². The molecule has 2 aromatic carbocycles. The lowest BCUT2D eigenvalue weighted by Gasteiger charge is -2.15. The Morgan fingerprint density at radius 3 is 2.56 bits per heavy atom. The quantitative estimate of drug-likeness (QED) is 0.393. The summed E-state index contributed by atoms with van der Waals surface area (Å²) in [5.74, 6) is -0.557. The van der Waals surface area contributed by atoms with Crippen LogP contribution >= 0.6 is 24.0 Å². The molecule has 1 N–H and O–H groups in total. The molecule has 0 spiro atoms. The Hall–Kier alpha value is -2.84. The number of carbonyl (C=O) groups excluding carboxylic acids is 1. The van der Waals surface area contributed by atoms with Crippen LogP contribution in [0.15, 0.2) is 47.4 Å². The van der Waals surface area contributed by atoms with E-state index in [0.717, 1.165) is 24.9 Å². The van der Waals surface area contributed by atoms with Crippen LogP contribution in [-0.2, 0) is 16.0 Å². The third-order valence-electron chi connectivity index (χ3n) is 4.94. The molecule has 1 aliphatic rings. The fourth-order valence-electron chi connectivity index (χ4n) is 3.15. The summed E-state index contributed by atoms with van der Waals surface area (Å²) in [6.07, 6.45) is 4.01. The lowest BCUT2D eigenvalue weighted by Crippen LogP contribution is -2.27. The van der Waals surface area contributed by atoms with Gasteiger partial charge in [0.1, 0.15) is 0 Å². The number of ether oxygens (including phenoxy) is 2. The number of hydrogen-bond donors (Lipinski definition) is 1. The Morgan fingerprint density at radius 2 is 1.94 bits per heavy atom. The van der Waals surface area contributed by atoms with E-state index in [1.807, 2.05) is 24.3 Å². The molecule has 2 aromatic rings. The van der Waals surface area contributed by atoms with Crippen LogP contribution in [0.2, 0.25) is 0 Å². The lowest BCUT2D eigenvalue weighted by molar-refractivity contribution is -0.144. The highest BCUT2D eigenvalue weighted by molar-refractivity contribution is 8.27. The molecule has 1 unspecified atom stereocenters. The number of aryl methyl sites for hydroxylation is 1. The molecule has 1 fully saturated rings. The molecule has 0 radical (unpaired) electrons. The number of thioether (sulfide) groups is 1. The summed E-state index contributed by atoms with van der Waals surface area (Å²) in [4.78, 5) is 26.1. The van der Waals surface area contributed by atoms with E-state index < -0.39 is 12.1 Å². The zero-order valence-electron chi connectivity index (χ0n) is 18.2. The zero-order chi connectivity index (χ0) is 23.3. The standard InChI is InChI=1S/C24H25NO5S2/c1-4-5-6-16-7-10-18(11-8-16)25-22(26)21(32-24(25)31)14-17-9-12-19(20(13-17)29-3)30-15(2)23(27)28/h7-15H,4-6H2,1-3H3,(H,27,28)/b21-14+. The van der Waals surface area contributed by atoms with Gasteiger partial charge in [0.2, 0.25) is 0 Å². The van der Waals surface area contributed by atoms with Crippen molar-refractivity contribution in [2.45, 2.75) is 39.2 Å². The first-order valence-electron chi connectivity index (χ1n) is 10.3. The molecule has 168 valence electrons. The van der Waals surface area contributed by atoms with Gasteiger partial charge in [0.15, 0.2) is 21.9 Å². The maximum atomic E-state index is 13.0. The average molecular weight is 472 g/mol. The second kappa shape index (κ2) is 10.7. The van der Waals surface area contributed by atoms with E-state index in [1.165, 1.54) is 31.4 Å². The molecule has 0 aromatic heterocycles. The third kappa shape index (κ3) is 5.49. The predicted molar refractivity (Wildman–Crippen MR) is 131 cm³/mol. The molecule has 6 nitrogen and oxygen atoms in total. The number of carboxylic acid groups (broad SMARTS) is 1. The molecule has 1 atom stereocenters. The van der Waals surface area contributed by atoms with Gasteiger partial charge in [-0.2, -0.15) is 0 Å². The summed E-state index contributed by atoms with van der Waals surface area (Å²) in [5, 5.41) is 9.04. The number of unbranched alkanes of at least 4 members (excludes halogenated alkanes) is 1. The topological polar surface area (TPSA) is 76.1 Å². The van der Waals surface area contributed by atoms with Crippen molar-refractivity contribution >= 4 is 51.9 Å². The van der Waals surface area contributed by atoms with Gasteiger partial charge in [-0.05, 0) is 61.2 Å². The lowest BCUT2D eigenvalue weighted by atomic mass is 10.1. The van der Waals surface area contributed by atoms with Crippen molar-refractivity contribution in [3.8, 4) is 11.5 Å². The summed E-state index contributed by atoms with van der Waals surface area (Å²) in [7, 11) is 1.47. The van der Waals surface area contributed by atoms with Gasteiger partial charge in [-0.15, -0.1) is 0 Å². The molecule has 0 bridgehead atoms. The van der Waals surface area contributed by atoms with Gasteiger partial charge in [0.25, 0.3) is 5.91 Å². The number of benzene rings is 2. The van der Waals surface area contributed by atoms with Gasteiger partial charge in [-0.25, -0.2) is 4.79 Å². The van der Waals surface area contributed by atoms with Gasteiger partial charge in [0, 0.05) is 0 Å². The van der Waals surface area contributed by atoms with Crippen LogP contribution in [0.4, 0.5) is 5.69 Å². The Balaban J connectivity index is 1.80. The van der Waals surface area contributed by atoms with Crippen LogP contribution in [0.1, 0.15) is 37.8 Å². The number of thiocarbonyl (C=S) groups is 1. The molecule has 32 heavy (non-hydrogen) atoms. The Bertz CT molecular complexity index is 1050. The number of carbonyl (C=O) groups is 2. The maximum Gasteiger partial charge on any atom is 0.344 e. The Labute approximate surface area is 197 Å². The highest BCUT2D eigenvalue weighted by atomic mass is 32.2. The predicted octanol–water partition coefficient (Wildman–Crippen LogP) is 5.30. The zero-order valence-corrected chi connectivity index (χ0v) is 19.8. The maximum absolute atomic E-state index is 13.0. The molecular formula is C24H25NO5S2. The largest absolute Gasteiger partial charge is 0.493 e. The minimum absolute atomic E-state index is 0.180. The fourth-order valence-corrected chi connectivity index (χ4v) is 4.45. The number of amides is 1. The highest BCUT2D eigenvalue weighted by Crippen LogP contribution is 2.37. The van der Waals surface area contributed by atoms with Gasteiger partial charge in [0.05, 0.1) is 17.7 Å². The highest BCUT2D eigenvalue weighted by Gasteiger charge is 2.33. The van der Waals surface area contributed by atoms with Gasteiger partial charge in [-0.3, -0.25) is 9.69 Å². The first kappa shape index (κ1) is 23.8. The van der Waals surface area contributed by atoms with Gasteiger partial charge < -0.3 is 14.6 Å². The number of aliphatic carboxylic acids is 1. The average Bonchev–Trinajstić information content (AvgIpc) is 3.06. The molecular weight excluding hydrogens is 446 g/mol. The van der Waals surface area contributed by atoms with E-state index in [1.54, 1.807) is 29.2 Å². The number of rotatable bonds is 9. The second-order valence-electron chi connectivity index (χ2n) is 7.30. The van der Waals surface area contributed by atoms with E-state index in [2.05, 4.69) is 6.92 Å². The normalized spacial score (nSPS) is 15.8. The van der Waals surface area contributed by atoms with Crippen molar-refractivity contribution in [2.75, 3.05) is 12.0 Å². The molecule has 1 aliphatic heterocycles. The van der Waals surface area contributed by atoms with Crippen LogP contribution in [-0.4, -0.2) is 34.5 Å². The van der Waals surface area contributed by atoms with Crippen molar-refractivity contribution in [1.82, 2.24) is 0 Å². The summed E-state index contributed by atoms with van der Waals surface area (Å²) in [6.45, 7) is 3.60. The van der Waals surface area contributed by atoms with E-state index in [9.17, 15) is 9.59 Å². The number of nitrogens with zero attached hydrogens (tertiary/aromatic N) is 1. The number of methoxy groups -OCH3 is 1. The van der Waals surface area contributed by atoms with E-state index >= 15 is 0 Å². The van der Waals surface area contributed by atoms with E-state index in [0.29, 0.717) is 26.3 Å². The van der Waals surface area contributed by atoms with Crippen LogP contribution in [0.3, 0.4) is 0 Å². The molecule has 8 heteroatoms. The monoisotopic (exact) mass is 471 g/mol. The fraction of sp³-hybridized carbons (Fsp3) is 0.292. The Kier molecular flexibility index (Phi) is 7.93. The number of hydrogen-bond acceptors (Lipinski definition) is 6. The summed E-state index contributed by atoms with van der Waals surface area (Å²) >= 11 is 6.70. The molecule has 1 heterocycles. The summed E-state index contributed by atoms with van der Waals surface area (Å²) in [6, 6.07) is 13.0. The van der Waals surface area contributed by atoms with Gasteiger partial charge >= 0.3 is 5.97 Å². The van der Waals surface area contributed by atoms with Crippen LogP contribution in [0, 0.1) is 0 Å². The van der Waals surface area contributed by atoms with Crippen LogP contribution in [0.25, 0.3) is 6.08 Å². The minimum Gasteiger partial charge on any atom is -0.493 e. The van der Waals surface area contributed by atoms with Crippen molar-refractivity contribution < 1.29 is 24.2 Å². The number of anilines is 1. The SMILES string of the molecule is CCCCc1ccc(N2C(=O)/C(=C\c3ccc(OC(C)C(=O)O)c(OC)c3)SC2=S)cc1. The van der Waals surface area contributed by atoms with E-state index in [4.69, 9.17) is 26.8 Å². The minimum atomic E-state index is -1.07. The third-order valence-corrected chi connectivity index (χ3v) is 6.25. The Morgan fingerprint density at radius 1 is 1.22 bits per heavy atom. The summed E-state index contributed by atoms with van der Waals surface area (Å²) in [5.41, 5.74) is 2.70. The molecule has 3 rings (SSSR count). The molecule has 1 amide bonds. The smallest absolute Gasteiger partial charge is 0.344 e. The first-order chi connectivity index (χ1) is 15.3. The summed E-state index contributed by atoms with van der Waals surface area (Å²) < 4.78 is 11.2. The first-order valence-corrected chi connectivity index (χ1v) is 11.5. The van der Waals surface area contributed by atoms with Crippen molar-refractivity contribution in [3.63, 3.8) is 0 Å². The molecule has 1 saturated heterocycles. The number of carboxylic acids is 1. The van der Waals surface area contributed by atoms with E-state index in [-0.39, 0.29) is 5.91 Å². The second-order valence-corrected chi connectivity index (χ2v) is 8.97. The molecule has 0 aliphatic carbocycles. The van der Waals surface area contributed by atoms with Gasteiger partial charge in [-0.1, -0.05) is 55.5 Å². The van der Waals surface area contributed by atoms with Crippen molar-refractivity contribution in [2.24, 2.45) is 0 Å². The molecule has 0 saturated carbocycles. The van der Waals surface area contributed by atoms with Crippen LogP contribution in [0.5, 0.6) is 11.5 Å². The van der Waals surface area contributed by atoms with Crippen molar-refractivity contribution in [3.05, 3.63) is 58.5 Å². The van der Waals surface area contributed by atoms with Crippen LogP contribution < -0.4 is 14.4 Å².